The molecule has 1 aliphatic rings. The Balaban J connectivity index is 2.21. The zero-order valence-corrected chi connectivity index (χ0v) is 16.9. The second kappa shape index (κ2) is 7.63. The minimum absolute atomic E-state index is 0.0601. The van der Waals surface area contributed by atoms with Gasteiger partial charge in [-0.1, -0.05) is 24.6 Å². The van der Waals surface area contributed by atoms with Gasteiger partial charge in [0.05, 0.1) is 12.8 Å². The number of hydrogen-bond donors (Lipinski definition) is 1. The van der Waals surface area contributed by atoms with E-state index in [1.807, 2.05) is 0 Å². The topological polar surface area (TPSA) is 59.0 Å². The summed E-state index contributed by atoms with van der Waals surface area (Å²) in [6.45, 7) is 0.717. The number of nitrogens with zero attached hydrogens (tertiary/aromatic N) is 1. The number of amides is 1. The lowest BCUT2D eigenvalue weighted by atomic mass is 9.77. The molecule has 0 fully saturated rings. The largest absolute Gasteiger partial charge is 0.497 e. The van der Waals surface area contributed by atoms with Gasteiger partial charge in [0.25, 0.3) is 5.91 Å². The summed E-state index contributed by atoms with van der Waals surface area (Å²) in [6, 6.07) is 5.47. The standard InChI is InChI=1S/C20H18ClF4NO4/c1-10(12-5-4-11(29-3)6-14(12)21)19(28,20(23,24)25)13-7-16-17(8-15(13)22)30-9-18(27)26(16)2/h4-8,10,28H,9H2,1-3H3. The van der Waals surface area contributed by atoms with Crippen LogP contribution in [0.5, 0.6) is 11.5 Å². The molecule has 0 radical (unpaired) electrons. The van der Waals surface area contributed by atoms with Crippen molar-refractivity contribution in [2.24, 2.45) is 0 Å². The van der Waals surface area contributed by atoms with Crippen molar-refractivity contribution in [2.75, 3.05) is 25.7 Å². The Labute approximate surface area is 174 Å². The minimum Gasteiger partial charge on any atom is -0.497 e. The average Bonchev–Trinajstić information content (AvgIpc) is 2.68. The summed E-state index contributed by atoms with van der Waals surface area (Å²) in [5.74, 6) is -3.34. The van der Waals surface area contributed by atoms with Crippen molar-refractivity contribution >= 4 is 23.2 Å². The van der Waals surface area contributed by atoms with Crippen LogP contribution in [0.2, 0.25) is 5.02 Å². The van der Waals surface area contributed by atoms with Crippen molar-refractivity contribution in [3.8, 4) is 11.5 Å². The first-order valence-corrected chi connectivity index (χ1v) is 9.15. The Hall–Kier alpha value is -2.52. The zero-order chi connectivity index (χ0) is 22.4. The molecule has 1 heterocycles. The molecule has 1 amide bonds. The SMILES string of the molecule is COc1ccc(C(C)C(O)(c2cc3c(cc2F)OCC(=O)N3C)C(F)(F)F)c(Cl)c1. The average molecular weight is 448 g/mol. The molecule has 0 saturated carbocycles. The van der Waals surface area contributed by atoms with Crippen LogP contribution in [0.4, 0.5) is 23.2 Å². The first-order chi connectivity index (χ1) is 13.9. The fourth-order valence-corrected chi connectivity index (χ4v) is 3.76. The smallest absolute Gasteiger partial charge is 0.422 e. The van der Waals surface area contributed by atoms with Gasteiger partial charge in [0.15, 0.2) is 12.2 Å². The molecule has 2 aromatic rings. The Bertz CT molecular complexity index is 998. The van der Waals surface area contributed by atoms with Gasteiger partial charge < -0.3 is 19.5 Å². The molecule has 0 aliphatic carbocycles. The number of methoxy groups -OCH3 is 1. The molecular weight excluding hydrogens is 430 g/mol. The van der Waals surface area contributed by atoms with Crippen molar-refractivity contribution in [1.82, 2.24) is 0 Å². The number of hydrogen-bond acceptors (Lipinski definition) is 4. The maximum atomic E-state index is 14.8. The van der Waals surface area contributed by atoms with E-state index in [0.29, 0.717) is 5.75 Å². The molecule has 2 unspecified atom stereocenters. The van der Waals surface area contributed by atoms with Gasteiger partial charge in [-0.15, -0.1) is 0 Å². The number of carbonyl (C=O) groups excluding carboxylic acids is 1. The van der Waals surface area contributed by atoms with Crippen molar-refractivity contribution in [3.05, 3.63) is 52.3 Å². The molecule has 2 aromatic carbocycles. The van der Waals surface area contributed by atoms with Crippen LogP contribution >= 0.6 is 11.6 Å². The third-order valence-corrected chi connectivity index (χ3v) is 5.61. The van der Waals surface area contributed by atoms with Crippen molar-refractivity contribution in [1.29, 1.82) is 0 Å². The first kappa shape index (κ1) is 22.2. The lowest BCUT2D eigenvalue weighted by Crippen LogP contribution is -2.47. The predicted octanol–water partition coefficient (Wildman–Crippen LogP) is 4.40. The normalized spacial score (nSPS) is 17.1. The van der Waals surface area contributed by atoms with Crippen molar-refractivity contribution in [3.63, 3.8) is 0 Å². The summed E-state index contributed by atoms with van der Waals surface area (Å²) in [5, 5.41) is 10.8. The molecule has 10 heteroatoms. The Morgan fingerprint density at radius 1 is 1.27 bits per heavy atom. The molecule has 0 saturated heterocycles. The third-order valence-electron chi connectivity index (χ3n) is 5.28. The molecule has 5 nitrogen and oxygen atoms in total. The number of ether oxygens (including phenoxy) is 2. The summed E-state index contributed by atoms with van der Waals surface area (Å²) in [7, 11) is 2.69. The zero-order valence-electron chi connectivity index (χ0n) is 16.2. The van der Waals surface area contributed by atoms with Crippen LogP contribution in [0.1, 0.15) is 24.0 Å². The number of fused-ring (bicyclic) bond motifs is 1. The van der Waals surface area contributed by atoms with Gasteiger partial charge in [0.1, 0.15) is 17.3 Å². The van der Waals surface area contributed by atoms with Gasteiger partial charge >= 0.3 is 6.18 Å². The highest BCUT2D eigenvalue weighted by Crippen LogP contribution is 2.52. The summed E-state index contributed by atoms with van der Waals surface area (Å²) < 4.78 is 67.5. The molecule has 1 N–H and O–H groups in total. The monoisotopic (exact) mass is 447 g/mol. The maximum Gasteiger partial charge on any atom is 0.422 e. The number of benzene rings is 2. The Morgan fingerprint density at radius 2 is 1.93 bits per heavy atom. The summed E-state index contributed by atoms with van der Waals surface area (Å²) in [5.41, 5.74) is -4.84. The summed E-state index contributed by atoms with van der Waals surface area (Å²) >= 11 is 6.12. The highest BCUT2D eigenvalue weighted by molar-refractivity contribution is 6.31. The number of halogens is 5. The molecule has 30 heavy (non-hydrogen) atoms. The van der Waals surface area contributed by atoms with Crippen LogP contribution in [0, 0.1) is 5.82 Å². The number of anilines is 1. The van der Waals surface area contributed by atoms with E-state index in [1.165, 1.54) is 32.4 Å². The summed E-state index contributed by atoms with van der Waals surface area (Å²) in [4.78, 5) is 12.9. The lowest BCUT2D eigenvalue weighted by molar-refractivity contribution is -0.275. The molecule has 0 aromatic heterocycles. The second-order valence-electron chi connectivity index (χ2n) is 6.91. The van der Waals surface area contributed by atoms with Crippen LogP contribution in [0.15, 0.2) is 30.3 Å². The van der Waals surface area contributed by atoms with Gasteiger partial charge in [0, 0.05) is 29.6 Å². The molecule has 0 bridgehead atoms. The van der Waals surface area contributed by atoms with E-state index in [1.54, 1.807) is 0 Å². The summed E-state index contributed by atoms with van der Waals surface area (Å²) in [6.07, 6.45) is -5.27. The van der Waals surface area contributed by atoms with Crippen molar-refractivity contribution < 1.29 is 36.9 Å². The lowest BCUT2D eigenvalue weighted by Gasteiger charge is -2.38. The molecular formula is C20H18ClF4NO4. The fourth-order valence-electron chi connectivity index (χ4n) is 3.43. The van der Waals surface area contributed by atoms with E-state index >= 15 is 0 Å². The molecule has 1 aliphatic heterocycles. The van der Waals surface area contributed by atoms with Gasteiger partial charge in [-0.05, 0) is 23.8 Å². The Kier molecular flexibility index (Phi) is 5.64. The van der Waals surface area contributed by atoms with Gasteiger partial charge in [-0.25, -0.2) is 4.39 Å². The Morgan fingerprint density at radius 3 is 2.50 bits per heavy atom. The van der Waals surface area contributed by atoms with E-state index in [4.69, 9.17) is 21.1 Å². The molecule has 3 rings (SSSR count). The van der Waals surface area contributed by atoms with Crippen LogP contribution in [-0.4, -0.2) is 38.0 Å². The van der Waals surface area contributed by atoms with E-state index in [-0.39, 0.29) is 28.6 Å². The van der Waals surface area contributed by atoms with Gasteiger partial charge in [0.2, 0.25) is 0 Å². The number of aliphatic hydroxyl groups is 1. The van der Waals surface area contributed by atoms with Crippen LogP contribution in [0.3, 0.4) is 0 Å². The van der Waals surface area contributed by atoms with E-state index in [9.17, 15) is 27.5 Å². The number of carbonyl (C=O) groups is 1. The number of alkyl halides is 3. The molecule has 2 atom stereocenters. The third kappa shape index (κ3) is 3.45. The van der Waals surface area contributed by atoms with Crippen LogP contribution < -0.4 is 14.4 Å². The minimum atomic E-state index is -5.27. The van der Waals surface area contributed by atoms with Gasteiger partial charge in [-0.3, -0.25) is 4.79 Å². The first-order valence-electron chi connectivity index (χ1n) is 8.77. The van der Waals surface area contributed by atoms with Crippen LogP contribution in [0.25, 0.3) is 0 Å². The van der Waals surface area contributed by atoms with E-state index in [0.717, 1.165) is 24.0 Å². The van der Waals surface area contributed by atoms with Gasteiger partial charge in [-0.2, -0.15) is 13.2 Å². The maximum absolute atomic E-state index is 14.8. The van der Waals surface area contributed by atoms with E-state index in [2.05, 4.69) is 0 Å². The predicted molar refractivity (Wildman–Crippen MR) is 102 cm³/mol. The highest BCUT2D eigenvalue weighted by Gasteiger charge is 2.60. The van der Waals surface area contributed by atoms with E-state index < -0.39 is 35.0 Å². The quantitative estimate of drug-likeness (QED) is 0.706. The molecule has 162 valence electrons. The number of rotatable bonds is 4. The fraction of sp³-hybridized carbons (Fsp3) is 0.350. The second-order valence-corrected chi connectivity index (χ2v) is 7.32. The van der Waals surface area contributed by atoms with Crippen molar-refractivity contribution in [2.45, 2.75) is 24.6 Å². The number of likely N-dealkylation sites (N-methyl/N-ethyl adjacent to an activating group) is 1. The highest BCUT2D eigenvalue weighted by atomic mass is 35.5. The van der Waals surface area contributed by atoms with Crippen LogP contribution in [-0.2, 0) is 10.4 Å². The molecule has 0 spiro atoms.